The molecule has 1 atom stereocenters. The molecule has 1 amide bonds. The molecule has 2 aliphatic heterocycles. The van der Waals surface area contributed by atoms with E-state index in [9.17, 15) is 14.7 Å². The van der Waals surface area contributed by atoms with E-state index in [0.717, 1.165) is 0 Å². The monoisotopic (exact) mass is 461 g/mol. The van der Waals surface area contributed by atoms with Crippen molar-refractivity contribution in [1.29, 1.82) is 0 Å². The summed E-state index contributed by atoms with van der Waals surface area (Å²) >= 11 is 0. The van der Waals surface area contributed by atoms with E-state index < -0.39 is 17.7 Å². The number of aryl methyl sites for hydroxylation is 1. The summed E-state index contributed by atoms with van der Waals surface area (Å²) in [5.41, 5.74) is 1.07. The fourth-order valence-corrected chi connectivity index (χ4v) is 4.31. The second-order valence-corrected chi connectivity index (χ2v) is 7.99. The van der Waals surface area contributed by atoms with Gasteiger partial charge in [0.25, 0.3) is 11.7 Å². The van der Waals surface area contributed by atoms with Gasteiger partial charge in [-0.3, -0.25) is 9.59 Å². The molecular formula is C25H23N3O6. The third-order valence-electron chi connectivity index (χ3n) is 5.97. The van der Waals surface area contributed by atoms with Crippen LogP contribution in [-0.2, 0) is 16.1 Å². The summed E-state index contributed by atoms with van der Waals surface area (Å²) in [5.74, 6) is 0.00937. The lowest BCUT2D eigenvalue weighted by atomic mass is 9.95. The largest absolute Gasteiger partial charge is 0.507 e. The van der Waals surface area contributed by atoms with E-state index in [1.165, 1.54) is 12.0 Å². The fourth-order valence-electron chi connectivity index (χ4n) is 4.31. The predicted molar refractivity (Wildman–Crippen MR) is 121 cm³/mol. The van der Waals surface area contributed by atoms with Gasteiger partial charge in [-0.15, -0.1) is 0 Å². The average Bonchev–Trinajstić information content (AvgIpc) is 3.60. The molecule has 1 saturated heterocycles. The van der Waals surface area contributed by atoms with Gasteiger partial charge in [-0.25, -0.2) is 4.98 Å². The normalized spacial score (nSPS) is 18.5. The molecule has 0 bridgehead atoms. The molecule has 9 heteroatoms. The van der Waals surface area contributed by atoms with Gasteiger partial charge in [-0.2, -0.15) is 0 Å². The summed E-state index contributed by atoms with van der Waals surface area (Å²) in [4.78, 5) is 31.8. The van der Waals surface area contributed by atoms with Crippen molar-refractivity contribution in [2.75, 3.05) is 20.4 Å². The Labute approximate surface area is 195 Å². The maximum atomic E-state index is 13.2. The molecule has 9 nitrogen and oxygen atoms in total. The molecule has 1 fully saturated rings. The van der Waals surface area contributed by atoms with E-state index in [1.807, 2.05) is 10.8 Å². The van der Waals surface area contributed by atoms with Crippen LogP contribution in [0.25, 0.3) is 5.76 Å². The van der Waals surface area contributed by atoms with Gasteiger partial charge in [-0.05, 0) is 36.2 Å². The third-order valence-corrected chi connectivity index (χ3v) is 5.97. The minimum absolute atomic E-state index is 0.0275. The highest BCUT2D eigenvalue weighted by molar-refractivity contribution is 6.46. The summed E-state index contributed by atoms with van der Waals surface area (Å²) in [6.07, 6.45) is 5.83. The summed E-state index contributed by atoms with van der Waals surface area (Å²) in [7, 11) is 1.52. The number of ketones is 1. The second-order valence-electron chi connectivity index (χ2n) is 7.99. The van der Waals surface area contributed by atoms with E-state index in [-0.39, 0.29) is 18.1 Å². The number of nitrogens with zero attached hydrogens (tertiary/aromatic N) is 3. The molecule has 3 aromatic rings. The average molecular weight is 461 g/mol. The minimum Gasteiger partial charge on any atom is -0.507 e. The number of fused-ring (bicyclic) bond motifs is 1. The van der Waals surface area contributed by atoms with Gasteiger partial charge in [-0.1, -0.05) is 18.2 Å². The van der Waals surface area contributed by atoms with Crippen molar-refractivity contribution in [2.24, 2.45) is 0 Å². The Morgan fingerprint density at radius 1 is 1.15 bits per heavy atom. The molecule has 1 aromatic heterocycles. The van der Waals surface area contributed by atoms with E-state index in [4.69, 9.17) is 14.2 Å². The fraction of sp³-hybridized carbons (Fsp3) is 0.240. The molecular weight excluding hydrogens is 438 g/mol. The Morgan fingerprint density at radius 2 is 2.00 bits per heavy atom. The number of rotatable bonds is 7. The molecule has 0 spiro atoms. The number of aliphatic hydroxyl groups excluding tert-OH is 1. The molecule has 3 heterocycles. The number of aromatic nitrogens is 2. The predicted octanol–water partition coefficient (Wildman–Crippen LogP) is 3.13. The first-order chi connectivity index (χ1) is 16.6. The second kappa shape index (κ2) is 8.93. The molecule has 0 saturated carbocycles. The van der Waals surface area contributed by atoms with Crippen LogP contribution in [0.4, 0.5) is 0 Å². The lowest BCUT2D eigenvalue weighted by molar-refractivity contribution is -0.139. The minimum atomic E-state index is -0.775. The SMILES string of the molecule is COc1cccc(/C(O)=C2\C(=O)C(=O)N(CCCn3ccnc3)C2c2ccc3c(c2)OCO3)c1. The molecule has 174 valence electrons. The van der Waals surface area contributed by atoms with Crippen molar-refractivity contribution in [2.45, 2.75) is 19.0 Å². The zero-order chi connectivity index (χ0) is 23.7. The summed E-state index contributed by atoms with van der Waals surface area (Å²) in [5, 5.41) is 11.2. The van der Waals surface area contributed by atoms with Crippen LogP contribution < -0.4 is 14.2 Å². The van der Waals surface area contributed by atoms with Crippen molar-refractivity contribution >= 4 is 17.4 Å². The highest BCUT2D eigenvalue weighted by atomic mass is 16.7. The number of imidazole rings is 1. The van der Waals surface area contributed by atoms with Gasteiger partial charge in [0.1, 0.15) is 11.5 Å². The number of aliphatic hydroxyl groups is 1. The van der Waals surface area contributed by atoms with Crippen molar-refractivity contribution in [3.8, 4) is 17.2 Å². The van der Waals surface area contributed by atoms with Crippen LogP contribution in [0.5, 0.6) is 17.2 Å². The van der Waals surface area contributed by atoms with Gasteiger partial charge in [0.05, 0.1) is 25.1 Å². The molecule has 2 aromatic carbocycles. The lowest BCUT2D eigenvalue weighted by Gasteiger charge is -2.25. The standard InChI is InChI=1S/C25H23N3O6/c1-32-18-5-2-4-17(12-18)23(29)21-22(16-6-7-19-20(13-16)34-15-33-19)28(25(31)24(21)30)10-3-9-27-11-8-26-14-27/h2,4-8,11-14,22,29H,3,9-10,15H2,1H3/b23-21+. The van der Waals surface area contributed by atoms with Crippen molar-refractivity contribution in [3.63, 3.8) is 0 Å². The van der Waals surface area contributed by atoms with E-state index >= 15 is 0 Å². The first-order valence-electron chi connectivity index (χ1n) is 10.8. The number of hydrogen-bond acceptors (Lipinski definition) is 7. The molecule has 1 unspecified atom stereocenters. The third kappa shape index (κ3) is 3.85. The number of benzene rings is 2. The zero-order valence-corrected chi connectivity index (χ0v) is 18.5. The van der Waals surface area contributed by atoms with Gasteiger partial charge in [0.15, 0.2) is 11.5 Å². The van der Waals surface area contributed by atoms with E-state index in [0.29, 0.717) is 47.9 Å². The number of Topliss-reactive ketones (excluding diaryl/α,β-unsaturated/α-hetero) is 1. The van der Waals surface area contributed by atoms with Gasteiger partial charge >= 0.3 is 0 Å². The van der Waals surface area contributed by atoms with Gasteiger partial charge in [0.2, 0.25) is 6.79 Å². The van der Waals surface area contributed by atoms with Crippen LogP contribution in [-0.4, -0.2) is 51.7 Å². The number of hydrogen-bond donors (Lipinski definition) is 1. The molecule has 1 N–H and O–H groups in total. The summed E-state index contributed by atoms with van der Waals surface area (Å²) in [6, 6.07) is 11.2. The Morgan fingerprint density at radius 3 is 2.79 bits per heavy atom. The Balaban J connectivity index is 1.55. The van der Waals surface area contributed by atoms with Gasteiger partial charge in [0, 0.05) is 31.0 Å². The maximum Gasteiger partial charge on any atom is 0.295 e. The number of amides is 1. The molecule has 0 aliphatic carbocycles. The van der Waals surface area contributed by atoms with Crippen molar-refractivity contribution in [1.82, 2.24) is 14.5 Å². The molecule has 2 aliphatic rings. The molecule has 5 rings (SSSR count). The quantitative estimate of drug-likeness (QED) is 0.328. The number of methoxy groups -OCH3 is 1. The number of likely N-dealkylation sites (tertiary alicyclic amines) is 1. The zero-order valence-electron chi connectivity index (χ0n) is 18.5. The Hall–Kier alpha value is -4.27. The highest BCUT2D eigenvalue weighted by Gasteiger charge is 2.46. The van der Waals surface area contributed by atoms with Crippen LogP contribution in [0, 0.1) is 0 Å². The molecule has 0 radical (unpaired) electrons. The van der Waals surface area contributed by atoms with Crippen molar-refractivity contribution in [3.05, 3.63) is 77.9 Å². The van der Waals surface area contributed by atoms with Crippen LogP contribution in [0.3, 0.4) is 0 Å². The number of ether oxygens (including phenoxy) is 3. The highest BCUT2D eigenvalue weighted by Crippen LogP contribution is 2.43. The first-order valence-corrected chi connectivity index (χ1v) is 10.8. The smallest absolute Gasteiger partial charge is 0.295 e. The Bertz CT molecular complexity index is 1270. The van der Waals surface area contributed by atoms with E-state index in [1.54, 1.807) is 55.0 Å². The van der Waals surface area contributed by atoms with Crippen LogP contribution >= 0.6 is 0 Å². The molecule has 34 heavy (non-hydrogen) atoms. The number of carbonyl (C=O) groups is 2. The van der Waals surface area contributed by atoms with Gasteiger partial charge < -0.3 is 28.8 Å². The number of carbonyl (C=O) groups excluding carboxylic acids is 2. The van der Waals surface area contributed by atoms with Crippen LogP contribution in [0.15, 0.2) is 66.8 Å². The van der Waals surface area contributed by atoms with Crippen molar-refractivity contribution < 1.29 is 28.9 Å². The van der Waals surface area contributed by atoms with E-state index in [2.05, 4.69) is 4.98 Å². The Kier molecular flexibility index (Phi) is 5.67. The van der Waals surface area contributed by atoms with Crippen LogP contribution in [0.1, 0.15) is 23.6 Å². The first kappa shape index (κ1) is 21.6. The maximum absolute atomic E-state index is 13.2. The summed E-state index contributed by atoms with van der Waals surface area (Å²) < 4.78 is 18.1. The summed E-state index contributed by atoms with van der Waals surface area (Å²) in [6.45, 7) is 1.05. The lowest BCUT2D eigenvalue weighted by Crippen LogP contribution is -2.31. The van der Waals surface area contributed by atoms with Crippen LogP contribution in [0.2, 0.25) is 0 Å². The topological polar surface area (TPSA) is 103 Å².